The van der Waals surface area contributed by atoms with Gasteiger partial charge in [0.2, 0.25) is 5.91 Å². The molecular formula is C32H36Cl2N2O3. The van der Waals surface area contributed by atoms with Crippen molar-refractivity contribution in [1.82, 2.24) is 10.2 Å². The number of halogens is 2. The van der Waals surface area contributed by atoms with E-state index in [0.29, 0.717) is 27.8 Å². The molecule has 1 fully saturated rings. The third-order valence-corrected chi connectivity index (χ3v) is 8.03. The average Bonchev–Trinajstić information content (AvgIpc) is 3.42. The number of ether oxygens (including phenoxy) is 1. The fourth-order valence-corrected chi connectivity index (χ4v) is 5.60. The number of carbonyl (C=O) groups is 2. The van der Waals surface area contributed by atoms with E-state index in [1.165, 1.54) is 0 Å². The molecule has 39 heavy (non-hydrogen) atoms. The van der Waals surface area contributed by atoms with E-state index in [0.717, 1.165) is 47.9 Å². The highest BCUT2D eigenvalue weighted by Crippen LogP contribution is 2.26. The van der Waals surface area contributed by atoms with Crippen molar-refractivity contribution in [2.45, 2.75) is 71.5 Å². The largest absolute Gasteiger partial charge is 0.483 e. The molecule has 1 aliphatic rings. The smallest absolute Gasteiger partial charge is 0.261 e. The molecule has 206 valence electrons. The highest BCUT2D eigenvalue weighted by atomic mass is 35.5. The Bertz CT molecular complexity index is 1310. The fourth-order valence-electron chi connectivity index (χ4n) is 5.13. The van der Waals surface area contributed by atoms with Gasteiger partial charge in [-0.3, -0.25) is 9.59 Å². The molecule has 1 aliphatic carbocycles. The van der Waals surface area contributed by atoms with Gasteiger partial charge in [-0.05, 0) is 79.6 Å². The maximum Gasteiger partial charge on any atom is 0.261 e. The van der Waals surface area contributed by atoms with E-state index < -0.39 is 6.04 Å². The van der Waals surface area contributed by atoms with Gasteiger partial charge in [-0.15, -0.1) is 0 Å². The van der Waals surface area contributed by atoms with Gasteiger partial charge in [-0.1, -0.05) is 78.5 Å². The first-order valence-electron chi connectivity index (χ1n) is 13.5. The van der Waals surface area contributed by atoms with E-state index in [1.54, 1.807) is 23.1 Å². The van der Waals surface area contributed by atoms with Crippen LogP contribution in [-0.4, -0.2) is 35.4 Å². The summed E-state index contributed by atoms with van der Waals surface area (Å²) in [6, 6.07) is 18.4. The molecule has 0 heterocycles. The van der Waals surface area contributed by atoms with Crippen molar-refractivity contribution in [3.63, 3.8) is 0 Å². The molecule has 0 aliphatic heterocycles. The maximum absolute atomic E-state index is 13.9. The minimum Gasteiger partial charge on any atom is -0.483 e. The first-order valence-corrected chi connectivity index (χ1v) is 14.2. The molecule has 1 N–H and O–H groups in total. The van der Waals surface area contributed by atoms with Crippen LogP contribution in [0.1, 0.15) is 53.5 Å². The van der Waals surface area contributed by atoms with Crippen LogP contribution in [0.15, 0.2) is 60.7 Å². The lowest BCUT2D eigenvalue weighted by atomic mass is 10.0. The summed E-state index contributed by atoms with van der Waals surface area (Å²) in [5.41, 5.74) is 4.82. The molecule has 0 bridgehead atoms. The van der Waals surface area contributed by atoms with Crippen LogP contribution in [0, 0.1) is 20.8 Å². The molecule has 5 nitrogen and oxygen atoms in total. The number of carbonyl (C=O) groups excluding carboxylic acids is 2. The molecule has 2 amide bonds. The predicted octanol–water partition coefficient (Wildman–Crippen LogP) is 7.00. The van der Waals surface area contributed by atoms with Crippen molar-refractivity contribution in [2.75, 3.05) is 6.61 Å². The number of benzene rings is 3. The summed E-state index contributed by atoms with van der Waals surface area (Å²) in [5, 5.41) is 4.17. The Balaban J connectivity index is 1.66. The summed E-state index contributed by atoms with van der Waals surface area (Å²) in [5.74, 6) is 0.217. The Hall–Kier alpha value is -3.02. The third kappa shape index (κ3) is 7.77. The molecule has 0 unspecified atom stereocenters. The van der Waals surface area contributed by atoms with Crippen molar-refractivity contribution in [1.29, 1.82) is 0 Å². The minimum absolute atomic E-state index is 0.126. The molecule has 3 aromatic carbocycles. The molecule has 3 aromatic rings. The molecule has 0 aromatic heterocycles. The number of amides is 2. The molecule has 7 heteroatoms. The van der Waals surface area contributed by atoms with Crippen LogP contribution in [0.2, 0.25) is 10.0 Å². The van der Waals surface area contributed by atoms with Gasteiger partial charge in [0.15, 0.2) is 6.61 Å². The fraction of sp³-hybridized carbons (Fsp3) is 0.375. The summed E-state index contributed by atoms with van der Waals surface area (Å²) in [7, 11) is 0. The second kappa shape index (κ2) is 13.4. The number of aryl methyl sites for hydroxylation is 2. The molecule has 1 atom stereocenters. The number of hydrogen-bond donors (Lipinski definition) is 1. The lowest BCUT2D eigenvalue weighted by Crippen LogP contribution is -2.53. The van der Waals surface area contributed by atoms with Gasteiger partial charge in [0.25, 0.3) is 5.91 Å². The van der Waals surface area contributed by atoms with Crippen molar-refractivity contribution >= 4 is 35.0 Å². The van der Waals surface area contributed by atoms with Crippen LogP contribution in [0.25, 0.3) is 0 Å². The summed E-state index contributed by atoms with van der Waals surface area (Å²) < 4.78 is 6.06. The van der Waals surface area contributed by atoms with Crippen LogP contribution < -0.4 is 10.1 Å². The normalized spacial score (nSPS) is 14.2. The Morgan fingerprint density at radius 1 is 1.00 bits per heavy atom. The number of nitrogens with one attached hydrogen (secondary N) is 1. The second-order valence-electron chi connectivity index (χ2n) is 10.4. The van der Waals surface area contributed by atoms with Gasteiger partial charge < -0.3 is 15.0 Å². The number of rotatable bonds is 10. The van der Waals surface area contributed by atoms with Crippen molar-refractivity contribution in [3.8, 4) is 5.75 Å². The van der Waals surface area contributed by atoms with Crippen LogP contribution in [0.5, 0.6) is 5.75 Å². The van der Waals surface area contributed by atoms with E-state index in [2.05, 4.69) is 11.4 Å². The Morgan fingerprint density at radius 3 is 2.41 bits per heavy atom. The number of hydrogen-bond acceptors (Lipinski definition) is 3. The van der Waals surface area contributed by atoms with Gasteiger partial charge in [0.1, 0.15) is 11.8 Å². The van der Waals surface area contributed by atoms with E-state index in [9.17, 15) is 9.59 Å². The number of nitrogens with zero attached hydrogens (tertiary/aromatic N) is 1. The van der Waals surface area contributed by atoms with Crippen LogP contribution in [0.4, 0.5) is 0 Å². The summed E-state index contributed by atoms with van der Waals surface area (Å²) in [6.45, 7) is 5.96. The van der Waals surface area contributed by atoms with Gasteiger partial charge >= 0.3 is 0 Å². The highest BCUT2D eigenvalue weighted by molar-refractivity contribution is 6.35. The molecule has 0 saturated heterocycles. The van der Waals surface area contributed by atoms with Crippen molar-refractivity contribution in [3.05, 3.63) is 98.5 Å². The van der Waals surface area contributed by atoms with Crippen LogP contribution in [-0.2, 0) is 22.6 Å². The van der Waals surface area contributed by atoms with Crippen molar-refractivity contribution in [2.24, 2.45) is 0 Å². The lowest BCUT2D eigenvalue weighted by molar-refractivity contribution is -0.143. The SMILES string of the molecule is Cc1cc(C)c(C)c(OCC(=O)N(Cc2ccc(Cl)cc2Cl)[C@@H](Cc2ccccc2)C(=O)NC2CCCC2)c1. The third-order valence-electron chi connectivity index (χ3n) is 7.44. The maximum atomic E-state index is 13.9. The van der Waals surface area contributed by atoms with Gasteiger partial charge in [0, 0.05) is 29.1 Å². The minimum atomic E-state index is -0.740. The first-order chi connectivity index (χ1) is 18.7. The topological polar surface area (TPSA) is 58.6 Å². The summed E-state index contributed by atoms with van der Waals surface area (Å²) >= 11 is 12.7. The molecule has 0 radical (unpaired) electrons. The van der Waals surface area contributed by atoms with Crippen LogP contribution in [0.3, 0.4) is 0 Å². The zero-order valence-corrected chi connectivity index (χ0v) is 24.3. The standard InChI is InChI=1S/C32H36Cl2N2O3/c1-21-15-22(2)23(3)30(16-21)39-20-31(37)36(19-25-13-14-26(33)18-28(25)34)29(17-24-9-5-4-6-10-24)32(38)35-27-11-7-8-12-27/h4-6,9-10,13-16,18,27,29H,7-8,11-12,17,19-20H2,1-3H3,(H,35,38)/t29-/m0/s1. The van der Waals surface area contributed by atoms with E-state index >= 15 is 0 Å². The zero-order chi connectivity index (χ0) is 27.9. The summed E-state index contributed by atoms with van der Waals surface area (Å²) in [6.07, 6.45) is 4.48. The molecular weight excluding hydrogens is 531 g/mol. The average molecular weight is 568 g/mol. The highest BCUT2D eigenvalue weighted by Gasteiger charge is 2.33. The molecule has 1 saturated carbocycles. The van der Waals surface area contributed by atoms with Gasteiger partial charge in [-0.2, -0.15) is 0 Å². The molecule has 4 rings (SSSR count). The monoisotopic (exact) mass is 566 g/mol. The van der Waals surface area contributed by atoms with E-state index in [4.69, 9.17) is 27.9 Å². The quantitative estimate of drug-likeness (QED) is 0.287. The van der Waals surface area contributed by atoms with Crippen LogP contribution >= 0.6 is 23.2 Å². The Labute approximate surface area is 241 Å². The van der Waals surface area contributed by atoms with Gasteiger partial charge in [0.05, 0.1) is 0 Å². The summed E-state index contributed by atoms with van der Waals surface area (Å²) in [4.78, 5) is 29.3. The Kier molecular flexibility index (Phi) is 9.93. The molecule has 0 spiro atoms. The predicted molar refractivity (Wildman–Crippen MR) is 157 cm³/mol. The zero-order valence-electron chi connectivity index (χ0n) is 22.8. The second-order valence-corrected chi connectivity index (χ2v) is 11.3. The van der Waals surface area contributed by atoms with E-state index in [1.807, 2.05) is 57.2 Å². The Morgan fingerprint density at radius 2 is 1.72 bits per heavy atom. The first kappa shape index (κ1) is 29.0. The van der Waals surface area contributed by atoms with Gasteiger partial charge in [-0.25, -0.2) is 0 Å². The lowest BCUT2D eigenvalue weighted by Gasteiger charge is -2.32. The van der Waals surface area contributed by atoms with E-state index in [-0.39, 0.29) is 31.0 Å². The van der Waals surface area contributed by atoms with Crippen molar-refractivity contribution < 1.29 is 14.3 Å².